The third kappa shape index (κ3) is 3.10. The molecule has 0 aliphatic carbocycles. The average molecular weight is 434 g/mol. The SMILES string of the molecule is Cc1cc(=O)oc2c1ccc1oc(C(=O)c3cc(F)ccc3F)c(-c3ccc(F)cc3)c12. The number of carbonyl (C=O) groups excluding carboxylic acids is 1. The van der Waals surface area contributed by atoms with E-state index >= 15 is 0 Å². The molecule has 5 aromatic rings. The van der Waals surface area contributed by atoms with E-state index in [1.807, 2.05) is 0 Å². The van der Waals surface area contributed by atoms with Gasteiger partial charge in [0.1, 0.15) is 28.6 Å². The van der Waals surface area contributed by atoms with Crippen molar-refractivity contribution in [3.8, 4) is 11.1 Å². The minimum Gasteiger partial charge on any atom is -0.452 e. The number of halogens is 3. The highest BCUT2D eigenvalue weighted by Crippen LogP contribution is 2.40. The van der Waals surface area contributed by atoms with Crippen molar-refractivity contribution in [3.63, 3.8) is 0 Å². The molecular formula is C25H13F3O4. The quantitative estimate of drug-likeness (QED) is 0.252. The molecule has 2 aromatic heterocycles. The fourth-order valence-corrected chi connectivity index (χ4v) is 3.81. The van der Waals surface area contributed by atoms with Gasteiger partial charge in [0.2, 0.25) is 5.78 Å². The van der Waals surface area contributed by atoms with E-state index in [4.69, 9.17) is 8.83 Å². The van der Waals surface area contributed by atoms with E-state index in [2.05, 4.69) is 0 Å². The Bertz CT molecular complexity index is 1590. The van der Waals surface area contributed by atoms with Gasteiger partial charge < -0.3 is 8.83 Å². The van der Waals surface area contributed by atoms with Crippen LogP contribution in [0.3, 0.4) is 0 Å². The molecule has 7 heteroatoms. The van der Waals surface area contributed by atoms with Gasteiger partial charge in [-0.3, -0.25) is 4.79 Å². The molecule has 3 aromatic carbocycles. The minimum atomic E-state index is -0.922. The van der Waals surface area contributed by atoms with E-state index in [9.17, 15) is 22.8 Å². The first-order valence-electron chi connectivity index (χ1n) is 9.59. The molecule has 158 valence electrons. The first-order valence-corrected chi connectivity index (χ1v) is 9.59. The number of rotatable bonds is 3. The highest BCUT2D eigenvalue weighted by Gasteiger charge is 2.27. The molecule has 0 bridgehead atoms. The number of aryl methyl sites for hydroxylation is 1. The first-order chi connectivity index (χ1) is 15.3. The monoisotopic (exact) mass is 434 g/mol. The van der Waals surface area contributed by atoms with Crippen LogP contribution >= 0.6 is 0 Å². The summed E-state index contributed by atoms with van der Waals surface area (Å²) in [5.74, 6) is -3.40. The molecule has 0 aliphatic rings. The molecule has 0 saturated carbocycles. The van der Waals surface area contributed by atoms with Gasteiger partial charge in [0, 0.05) is 17.0 Å². The van der Waals surface area contributed by atoms with Crippen molar-refractivity contribution in [2.45, 2.75) is 6.92 Å². The van der Waals surface area contributed by atoms with Crippen LogP contribution in [0.2, 0.25) is 0 Å². The Morgan fingerprint density at radius 3 is 2.31 bits per heavy atom. The molecule has 32 heavy (non-hydrogen) atoms. The van der Waals surface area contributed by atoms with E-state index in [-0.39, 0.29) is 22.5 Å². The van der Waals surface area contributed by atoms with Crippen LogP contribution in [0, 0.1) is 24.4 Å². The minimum absolute atomic E-state index is 0.175. The first kappa shape index (κ1) is 19.8. The molecule has 0 saturated heterocycles. The maximum Gasteiger partial charge on any atom is 0.336 e. The van der Waals surface area contributed by atoms with Crippen LogP contribution in [-0.2, 0) is 0 Å². The zero-order valence-electron chi connectivity index (χ0n) is 16.5. The number of fused-ring (bicyclic) bond motifs is 3. The Morgan fingerprint density at radius 2 is 1.56 bits per heavy atom. The molecule has 0 N–H and O–H groups in total. The lowest BCUT2D eigenvalue weighted by Crippen LogP contribution is -2.05. The molecule has 0 unspecified atom stereocenters. The van der Waals surface area contributed by atoms with Crippen LogP contribution < -0.4 is 5.63 Å². The number of hydrogen-bond donors (Lipinski definition) is 0. The maximum atomic E-state index is 14.4. The standard InChI is InChI=1S/C25H13F3O4/c1-12-10-20(29)32-24-16(12)7-9-19-22(24)21(13-2-4-14(26)5-3-13)25(31-19)23(30)17-11-15(27)6-8-18(17)28/h2-11H,1H3. The predicted molar refractivity (Wildman–Crippen MR) is 112 cm³/mol. The van der Waals surface area contributed by atoms with Crippen molar-refractivity contribution < 1.29 is 26.8 Å². The van der Waals surface area contributed by atoms with Crippen molar-refractivity contribution in [2.75, 3.05) is 0 Å². The second-order valence-corrected chi connectivity index (χ2v) is 7.33. The zero-order valence-corrected chi connectivity index (χ0v) is 16.5. The predicted octanol–water partition coefficient (Wildman–Crippen LogP) is 6.16. The van der Waals surface area contributed by atoms with Crippen LogP contribution in [0.25, 0.3) is 33.1 Å². The second-order valence-electron chi connectivity index (χ2n) is 7.33. The van der Waals surface area contributed by atoms with Gasteiger partial charge in [-0.1, -0.05) is 12.1 Å². The Labute approximate surface area is 178 Å². The summed E-state index contributed by atoms with van der Waals surface area (Å²) in [6.07, 6.45) is 0. The highest BCUT2D eigenvalue weighted by molar-refractivity contribution is 6.20. The molecule has 0 amide bonds. The van der Waals surface area contributed by atoms with Gasteiger partial charge >= 0.3 is 5.63 Å². The Hall–Kier alpha value is -4.13. The third-order valence-electron chi connectivity index (χ3n) is 5.28. The summed E-state index contributed by atoms with van der Waals surface area (Å²) < 4.78 is 52.9. The van der Waals surface area contributed by atoms with Crippen molar-refractivity contribution >= 4 is 27.7 Å². The van der Waals surface area contributed by atoms with Crippen LogP contribution in [0.5, 0.6) is 0 Å². The summed E-state index contributed by atoms with van der Waals surface area (Å²) in [6, 6.07) is 12.4. The van der Waals surface area contributed by atoms with Crippen molar-refractivity contribution in [1.29, 1.82) is 0 Å². The average Bonchev–Trinajstić information content (AvgIpc) is 3.15. The summed E-state index contributed by atoms with van der Waals surface area (Å²) in [5, 5.41) is 0.910. The van der Waals surface area contributed by atoms with E-state index in [1.54, 1.807) is 19.1 Å². The smallest absolute Gasteiger partial charge is 0.336 e. The summed E-state index contributed by atoms with van der Waals surface area (Å²) in [6.45, 7) is 1.73. The van der Waals surface area contributed by atoms with E-state index < -0.39 is 34.4 Å². The van der Waals surface area contributed by atoms with Crippen molar-refractivity contribution in [1.82, 2.24) is 0 Å². The largest absolute Gasteiger partial charge is 0.452 e. The lowest BCUT2D eigenvalue weighted by molar-refractivity contribution is 0.101. The topological polar surface area (TPSA) is 60.4 Å². The second kappa shape index (κ2) is 7.23. The number of furan rings is 1. The van der Waals surface area contributed by atoms with Crippen LogP contribution in [0.1, 0.15) is 21.7 Å². The number of benzene rings is 3. The van der Waals surface area contributed by atoms with Crippen LogP contribution in [0.15, 0.2) is 74.3 Å². The number of carbonyl (C=O) groups is 1. The molecule has 0 fully saturated rings. The van der Waals surface area contributed by atoms with Crippen molar-refractivity contribution in [3.05, 3.63) is 105 Å². The molecular weight excluding hydrogens is 421 g/mol. The van der Waals surface area contributed by atoms with Gasteiger partial charge in [0.15, 0.2) is 5.76 Å². The fraction of sp³-hybridized carbons (Fsp3) is 0.0400. The lowest BCUT2D eigenvalue weighted by Gasteiger charge is -2.06. The van der Waals surface area contributed by atoms with Gasteiger partial charge in [-0.05, 0) is 60.5 Å². The molecule has 0 atom stereocenters. The van der Waals surface area contributed by atoms with Gasteiger partial charge in [0.05, 0.1) is 10.9 Å². The summed E-state index contributed by atoms with van der Waals surface area (Å²) in [5.41, 5.74) is 0.468. The maximum absolute atomic E-state index is 14.4. The van der Waals surface area contributed by atoms with Crippen molar-refractivity contribution in [2.24, 2.45) is 0 Å². The van der Waals surface area contributed by atoms with E-state index in [1.165, 1.54) is 30.3 Å². The molecule has 0 aliphatic heterocycles. The summed E-state index contributed by atoms with van der Waals surface area (Å²) in [7, 11) is 0. The Morgan fingerprint density at radius 1 is 0.844 bits per heavy atom. The van der Waals surface area contributed by atoms with Gasteiger partial charge in [0.25, 0.3) is 0 Å². The van der Waals surface area contributed by atoms with E-state index in [0.717, 1.165) is 18.2 Å². The summed E-state index contributed by atoms with van der Waals surface area (Å²) >= 11 is 0. The lowest BCUT2D eigenvalue weighted by atomic mass is 9.96. The van der Waals surface area contributed by atoms with Crippen LogP contribution in [0.4, 0.5) is 13.2 Å². The molecule has 5 rings (SSSR count). The normalized spacial score (nSPS) is 11.4. The molecule has 4 nitrogen and oxygen atoms in total. The van der Waals surface area contributed by atoms with E-state index in [0.29, 0.717) is 21.9 Å². The van der Waals surface area contributed by atoms with Gasteiger partial charge in [-0.15, -0.1) is 0 Å². The Balaban J connectivity index is 1.91. The molecule has 2 heterocycles. The molecule has 0 spiro atoms. The zero-order chi connectivity index (χ0) is 22.6. The van der Waals surface area contributed by atoms with Gasteiger partial charge in [-0.25, -0.2) is 18.0 Å². The summed E-state index contributed by atoms with van der Waals surface area (Å²) in [4.78, 5) is 25.3. The number of ketones is 1. The Kier molecular flexibility index (Phi) is 4.48. The van der Waals surface area contributed by atoms with Crippen LogP contribution in [-0.4, -0.2) is 5.78 Å². The number of hydrogen-bond acceptors (Lipinski definition) is 4. The molecule has 0 radical (unpaired) electrons. The van der Waals surface area contributed by atoms with Gasteiger partial charge in [-0.2, -0.15) is 0 Å². The highest BCUT2D eigenvalue weighted by atomic mass is 19.1. The fourth-order valence-electron chi connectivity index (χ4n) is 3.81. The third-order valence-corrected chi connectivity index (χ3v) is 5.28.